The van der Waals surface area contributed by atoms with Gasteiger partial charge in [0.25, 0.3) is 0 Å². The predicted octanol–water partition coefficient (Wildman–Crippen LogP) is 3.03. The van der Waals surface area contributed by atoms with E-state index in [-0.39, 0.29) is 5.52 Å². The number of aromatic nitrogens is 5. The summed E-state index contributed by atoms with van der Waals surface area (Å²) in [5, 5.41) is 14.1. The summed E-state index contributed by atoms with van der Waals surface area (Å²) in [6.45, 7) is 1.96. The Morgan fingerprint density at radius 3 is 2.79 bits per heavy atom. The number of ether oxygens (including phenoxy) is 1. The number of methoxy groups -OCH3 is 1. The Bertz CT molecular complexity index is 1090. The number of halogens is 1. The highest BCUT2D eigenvalue weighted by atomic mass is 19.1. The predicted molar refractivity (Wildman–Crippen MR) is 88.3 cm³/mol. The number of pyridine rings is 1. The van der Waals surface area contributed by atoms with Gasteiger partial charge in [-0.3, -0.25) is 4.98 Å². The van der Waals surface area contributed by atoms with Crippen molar-refractivity contribution in [2.75, 3.05) is 7.11 Å². The average Bonchev–Trinajstić information content (AvgIpc) is 2.92. The maximum Gasteiger partial charge on any atom is 0.181 e. The molecule has 0 aliphatic heterocycles. The number of rotatable bonds is 2. The number of aryl methyl sites for hydroxylation is 2. The highest BCUT2D eigenvalue weighted by Crippen LogP contribution is 2.35. The van der Waals surface area contributed by atoms with E-state index in [0.29, 0.717) is 16.8 Å². The Labute approximate surface area is 136 Å². The first-order valence-corrected chi connectivity index (χ1v) is 7.37. The van der Waals surface area contributed by atoms with Crippen molar-refractivity contribution in [1.29, 1.82) is 0 Å². The molecule has 0 unspecified atom stereocenters. The van der Waals surface area contributed by atoms with Crippen molar-refractivity contribution >= 4 is 21.9 Å². The van der Waals surface area contributed by atoms with Gasteiger partial charge in [0.05, 0.1) is 12.5 Å². The quantitative estimate of drug-likeness (QED) is 0.567. The molecule has 0 fully saturated rings. The van der Waals surface area contributed by atoms with Crippen molar-refractivity contribution in [3.8, 4) is 17.0 Å². The molecular weight excluding hydrogens is 309 g/mol. The molecule has 3 heterocycles. The van der Waals surface area contributed by atoms with Crippen molar-refractivity contribution in [2.24, 2.45) is 7.05 Å². The molecule has 0 bridgehead atoms. The molecule has 3 aromatic heterocycles. The van der Waals surface area contributed by atoms with Crippen LogP contribution in [0.2, 0.25) is 0 Å². The molecule has 0 aliphatic rings. The summed E-state index contributed by atoms with van der Waals surface area (Å²) < 4.78 is 21.2. The summed E-state index contributed by atoms with van der Waals surface area (Å²) in [7, 11) is 3.29. The van der Waals surface area contributed by atoms with Gasteiger partial charge < -0.3 is 4.74 Å². The van der Waals surface area contributed by atoms with E-state index in [1.165, 1.54) is 13.2 Å². The van der Waals surface area contributed by atoms with Crippen molar-refractivity contribution < 1.29 is 9.13 Å². The Kier molecular flexibility index (Phi) is 3.16. The summed E-state index contributed by atoms with van der Waals surface area (Å²) >= 11 is 0. The van der Waals surface area contributed by atoms with E-state index < -0.39 is 5.82 Å². The van der Waals surface area contributed by atoms with Crippen LogP contribution in [-0.2, 0) is 7.05 Å². The summed E-state index contributed by atoms with van der Waals surface area (Å²) in [5.41, 5.74) is 3.41. The van der Waals surface area contributed by atoms with Crippen LogP contribution in [0, 0.1) is 12.7 Å². The fourth-order valence-corrected chi connectivity index (χ4v) is 2.89. The van der Waals surface area contributed by atoms with Gasteiger partial charge in [-0.25, -0.2) is 9.07 Å². The first kappa shape index (κ1) is 14.5. The lowest BCUT2D eigenvalue weighted by atomic mass is 10.0. The molecule has 6 nitrogen and oxygen atoms in total. The van der Waals surface area contributed by atoms with Crippen LogP contribution in [0.3, 0.4) is 0 Å². The molecule has 0 radical (unpaired) electrons. The van der Waals surface area contributed by atoms with Gasteiger partial charge in [-0.05, 0) is 24.6 Å². The highest BCUT2D eigenvalue weighted by Gasteiger charge is 2.19. The van der Waals surface area contributed by atoms with Crippen LogP contribution in [-0.4, -0.2) is 32.1 Å². The van der Waals surface area contributed by atoms with Crippen LogP contribution in [0.25, 0.3) is 33.2 Å². The molecule has 1 aromatic carbocycles. The van der Waals surface area contributed by atoms with Crippen molar-refractivity contribution in [3.63, 3.8) is 0 Å². The Morgan fingerprint density at radius 2 is 2.04 bits per heavy atom. The van der Waals surface area contributed by atoms with Gasteiger partial charge in [0, 0.05) is 36.5 Å². The molecule has 4 aromatic rings. The summed E-state index contributed by atoms with van der Waals surface area (Å²) in [4.78, 5) is 4.12. The van der Waals surface area contributed by atoms with Crippen LogP contribution in [0.15, 0.2) is 30.6 Å². The van der Waals surface area contributed by atoms with E-state index in [2.05, 4.69) is 20.3 Å². The lowest BCUT2D eigenvalue weighted by Gasteiger charge is -2.06. The van der Waals surface area contributed by atoms with Crippen molar-refractivity contribution in [2.45, 2.75) is 6.92 Å². The second kappa shape index (κ2) is 5.23. The van der Waals surface area contributed by atoms with Crippen molar-refractivity contribution in [1.82, 2.24) is 25.0 Å². The lowest BCUT2D eigenvalue weighted by molar-refractivity contribution is 0.412. The van der Waals surface area contributed by atoms with Gasteiger partial charge in [0.2, 0.25) is 0 Å². The van der Waals surface area contributed by atoms with E-state index >= 15 is 0 Å². The minimum absolute atomic E-state index is 0.198. The number of hydrogen-bond donors (Lipinski definition) is 0. The molecular formula is C17H14FN5O. The number of hydrogen-bond acceptors (Lipinski definition) is 5. The van der Waals surface area contributed by atoms with E-state index in [1.54, 1.807) is 30.2 Å². The molecule has 0 amide bonds. The topological polar surface area (TPSA) is 65.7 Å². The summed E-state index contributed by atoms with van der Waals surface area (Å²) in [5.74, 6) is -0.0458. The van der Waals surface area contributed by atoms with Crippen LogP contribution in [0.1, 0.15) is 5.56 Å². The minimum Gasteiger partial charge on any atom is -0.497 e. The first-order valence-electron chi connectivity index (χ1n) is 7.37. The molecule has 0 saturated heterocycles. The van der Waals surface area contributed by atoms with Crippen molar-refractivity contribution in [3.05, 3.63) is 42.0 Å². The normalized spacial score (nSPS) is 11.3. The van der Waals surface area contributed by atoms with Gasteiger partial charge in [0.15, 0.2) is 11.5 Å². The monoisotopic (exact) mass is 323 g/mol. The zero-order valence-corrected chi connectivity index (χ0v) is 13.4. The highest BCUT2D eigenvalue weighted by molar-refractivity contribution is 6.10. The third kappa shape index (κ3) is 2.01. The van der Waals surface area contributed by atoms with Gasteiger partial charge in [-0.15, -0.1) is 10.2 Å². The van der Waals surface area contributed by atoms with E-state index in [1.807, 2.05) is 13.0 Å². The third-order valence-corrected chi connectivity index (χ3v) is 4.08. The maximum absolute atomic E-state index is 14.4. The Balaban J connectivity index is 2.19. The fraction of sp³-hybridized carbons (Fsp3) is 0.176. The Hall–Kier alpha value is -3.09. The molecule has 0 N–H and O–H groups in total. The second-order valence-corrected chi connectivity index (χ2v) is 5.57. The SMILES string of the molecule is COc1cc(F)c2nnc3c(c(-c4ccncc4C)nn3C)c2c1. The molecule has 120 valence electrons. The molecule has 24 heavy (non-hydrogen) atoms. The molecule has 7 heteroatoms. The van der Waals surface area contributed by atoms with Gasteiger partial charge in [-0.1, -0.05) is 0 Å². The lowest BCUT2D eigenvalue weighted by Crippen LogP contribution is -1.96. The standard InChI is InChI=1S/C17H14FN5O/c1-9-8-19-5-4-11(9)16-14-12-6-10(24-3)7-13(18)15(12)20-21-17(14)23(2)22-16/h4-8H,1-3H3. The molecule has 0 aliphatic carbocycles. The summed E-state index contributed by atoms with van der Waals surface area (Å²) in [6, 6.07) is 4.95. The van der Waals surface area contributed by atoms with Gasteiger partial charge >= 0.3 is 0 Å². The maximum atomic E-state index is 14.4. The van der Waals surface area contributed by atoms with Gasteiger partial charge in [0.1, 0.15) is 17.0 Å². The minimum atomic E-state index is -0.472. The van der Waals surface area contributed by atoms with Crippen LogP contribution < -0.4 is 4.74 Å². The smallest absolute Gasteiger partial charge is 0.181 e. The zero-order chi connectivity index (χ0) is 16.8. The second-order valence-electron chi connectivity index (χ2n) is 5.57. The van der Waals surface area contributed by atoms with Crippen LogP contribution in [0.4, 0.5) is 4.39 Å². The molecule has 0 atom stereocenters. The largest absolute Gasteiger partial charge is 0.497 e. The van der Waals surface area contributed by atoms with E-state index in [9.17, 15) is 4.39 Å². The van der Waals surface area contributed by atoms with E-state index in [4.69, 9.17) is 4.74 Å². The molecule has 4 rings (SSSR count). The number of benzene rings is 1. The average molecular weight is 323 g/mol. The summed E-state index contributed by atoms with van der Waals surface area (Å²) in [6.07, 6.45) is 3.48. The third-order valence-electron chi connectivity index (χ3n) is 4.08. The zero-order valence-electron chi connectivity index (χ0n) is 13.4. The van der Waals surface area contributed by atoms with E-state index in [0.717, 1.165) is 22.2 Å². The van der Waals surface area contributed by atoms with Crippen LogP contribution >= 0.6 is 0 Å². The molecule has 0 spiro atoms. The Morgan fingerprint density at radius 1 is 1.21 bits per heavy atom. The number of nitrogens with zero attached hydrogens (tertiary/aromatic N) is 5. The molecule has 0 saturated carbocycles. The van der Waals surface area contributed by atoms with Gasteiger partial charge in [-0.2, -0.15) is 5.10 Å². The number of fused-ring (bicyclic) bond motifs is 3. The fourth-order valence-electron chi connectivity index (χ4n) is 2.89. The van der Waals surface area contributed by atoms with Crippen LogP contribution in [0.5, 0.6) is 5.75 Å². The first-order chi connectivity index (χ1) is 11.6.